The van der Waals surface area contributed by atoms with Gasteiger partial charge in [0.1, 0.15) is 12.4 Å². The van der Waals surface area contributed by atoms with Crippen LogP contribution in [-0.2, 0) is 17.9 Å². The van der Waals surface area contributed by atoms with Crippen molar-refractivity contribution in [3.05, 3.63) is 18.7 Å². The number of carboxylic acid groups (broad SMARTS) is 1. The number of nitrogens with zero attached hydrogens (tertiary/aromatic N) is 2. The Morgan fingerprint density at radius 2 is 2.06 bits per heavy atom. The zero-order valence-electron chi connectivity index (χ0n) is 9.93. The molecule has 0 aromatic carbocycles. The fourth-order valence-corrected chi connectivity index (χ4v) is 1.72. The van der Waals surface area contributed by atoms with Crippen LogP contribution in [0.3, 0.4) is 0 Å². The highest BCUT2D eigenvalue weighted by Gasteiger charge is 2.06. The number of carbonyl (C=O) groups is 1. The lowest BCUT2D eigenvalue weighted by Gasteiger charge is -1.97. The normalized spacial score (nSPS) is 10.6. The third-order valence-corrected chi connectivity index (χ3v) is 2.58. The van der Waals surface area contributed by atoms with E-state index < -0.39 is 5.97 Å². The first-order valence-corrected chi connectivity index (χ1v) is 5.99. The third-order valence-electron chi connectivity index (χ3n) is 2.58. The fraction of sp³-hybridized carbons (Fsp3) is 0.667. The summed E-state index contributed by atoms with van der Waals surface area (Å²) in [6.07, 6.45) is 11.9. The molecule has 4 heteroatoms. The second-order valence-electron chi connectivity index (χ2n) is 4.13. The molecule has 0 fully saturated rings. The number of carboxylic acids is 1. The number of hydrogen-bond donors (Lipinski definition) is 1. The van der Waals surface area contributed by atoms with Crippen molar-refractivity contribution >= 4 is 5.97 Å². The molecule has 0 bridgehead atoms. The molecule has 90 valence electrons. The van der Waals surface area contributed by atoms with Crippen molar-refractivity contribution in [3.8, 4) is 0 Å². The van der Waals surface area contributed by atoms with E-state index in [1.54, 1.807) is 10.8 Å². The number of unbranched alkanes of at least 4 members (excludes halogenated alkanes) is 4. The van der Waals surface area contributed by atoms with E-state index in [9.17, 15) is 4.79 Å². The lowest BCUT2D eigenvalue weighted by Crippen LogP contribution is -2.35. The van der Waals surface area contributed by atoms with Crippen molar-refractivity contribution in [1.82, 2.24) is 4.57 Å². The fourth-order valence-electron chi connectivity index (χ4n) is 1.72. The molecule has 0 amide bonds. The molecule has 4 nitrogen and oxygen atoms in total. The van der Waals surface area contributed by atoms with Gasteiger partial charge in [0.05, 0.1) is 6.54 Å². The highest BCUT2D eigenvalue weighted by molar-refractivity contribution is 5.64. The predicted molar refractivity (Wildman–Crippen MR) is 61.0 cm³/mol. The monoisotopic (exact) mass is 225 g/mol. The molecule has 0 aliphatic heterocycles. The van der Waals surface area contributed by atoms with Crippen LogP contribution in [0.15, 0.2) is 18.7 Å². The molecule has 0 saturated carbocycles. The molecular formula is C12H21N2O2+. The standard InChI is InChI=1S/C12H20N2O2/c1-2-3-4-5-6-7-13-8-9-14(11-13)10-12(15)16/h8-9,11H,2-7,10H2,1H3/p+1. The van der Waals surface area contributed by atoms with E-state index in [0.717, 1.165) is 6.54 Å². The number of imidazole rings is 1. The van der Waals surface area contributed by atoms with Gasteiger partial charge in [0, 0.05) is 0 Å². The zero-order valence-corrected chi connectivity index (χ0v) is 9.93. The van der Waals surface area contributed by atoms with Crippen LogP contribution >= 0.6 is 0 Å². The minimum Gasteiger partial charge on any atom is -0.478 e. The number of aromatic nitrogens is 2. The average Bonchev–Trinajstić information content (AvgIpc) is 2.64. The molecular weight excluding hydrogens is 204 g/mol. The van der Waals surface area contributed by atoms with Gasteiger partial charge in [-0.15, -0.1) is 0 Å². The summed E-state index contributed by atoms with van der Waals surface area (Å²) in [6.45, 7) is 3.24. The summed E-state index contributed by atoms with van der Waals surface area (Å²) in [7, 11) is 0. The van der Waals surface area contributed by atoms with Crippen LogP contribution in [0.2, 0.25) is 0 Å². The van der Waals surface area contributed by atoms with Gasteiger partial charge in [-0.1, -0.05) is 26.2 Å². The predicted octanol–water partition coefficient (Wildman–Crippen LogP) is 1.83. The SMILES string of the molecule is CCCCCCCn1cc[n+](CC(=O)O)c1. The van der Waals surface area contributed by atoms with Crippen LogP contribution in [0.5, 0.6) is 0 Å². The maximum atomic E-state index is 10.5. The summed E-state index contributed by atoms with van der Waals surface area (Å²) in [5, 5.41) is 8.62. The summed E-state index contributed by atoms with van der Waals surface area (Å²) in [6, 6.07) is 0. The van der Waals surface area contributed by atoms with E-state index in [0.29, 0.717) is 0 Å². The summed E-state index contributed by atoms with van der Waals surface area (Å²) in [5.41, 5.74) is 0. The Labute approximate surface area is 96.5 Å². The first-order valence-electron chi connectivity index (χ1n) is 5.99. The molecule has 0 atom stereocenters. The van der Waals surface area contributed by atoms with Crippen LogP contribution in [0.25, 0.3) is 0 Å². The smallest absolute Gasteiger partial charge is 0.346 e. The van der Waals surface area contributed by atoms with Gasteiger partial charge in [-0.2, -0.15) is 0 Å². The largest absolute Gasteiger partial charge is 0.478 e. The van der Waals surface area contributed by atoms with Gasteiger partial charge in [-0.25, -0.2) is 13.9 Å². The van der Waals surface area contributed by atoms with Gasteiger partial charge in [-0.3, -0.25) is 0 Å². The topological polar surface area (TPSA) is 46.1 Å². The number of aliphatic carboxylic acids is 1. The molecule has 0 unspecified atom stereocenters. The Morgan fingerprint density at radius 3 is 2.75 bits per heavy atom. The summed E-state index contributed by atoms with van der Waals surface area (Å²) < 4.78 is 3.74. The van der Waals surface area contributed by atoms with Crippen molar-refractivity contribution in [2.75, 3.05) is 0 Å². The van der Waals surface area contributed by atoms with Gasteiger partial charge < -0.3 is 5.11 Å². The van der Waals surface area contributed by atoms with Gasteiger partial charge in [-0.05, 0) is 12.8 Å². The summed E-state index contributed by atoms with van der Waals surface area (Å²) >= 11 is 0. The van der Waals surface area contributed by atoms with Gasteiger partial charge in [0.15, 0.2) is 6.54 Å². The van der Waals surface area contributed by atoms with Crippen molar-refractivity contribution in [1.29, 1.82) is 0 Å². The molecule has 0 radical (unpaired) electrons. The highest BCUT2D eigenvalue weighted by Crippen LogP contribution is 2.03. The van der Waals surface area contributed by atoms with Gasteiger partial charge in [0.2, 0.25) is 6.33 Å². The maximum Gasteiger partial charge on any atom is 0.346 e. The molecule has 0 aliphatic rings. The zero-order chi connectivity index (χ0) is 11.8. The molecule has 0 saturated heterocycles. The molecule has 0 aliphatic carbocycles. The third kappa shape index (κ3) is 4.96. The van der Waals surface area contributed by atoms with Crippen LogP contribution < -0.4 is 4.57 Å². The highest BCUT2D eigenvalue weighted by atomic mass is 16.4. The Kier molecular flexibility index (Phi) is 5.61. The molecule has 1 rings (SSSR count). The van der Waals surface area contributed by atoms with Crippen molar-refractivity contribution < 1.29 is 14.5 Å². The lowest BCUT2D eigenvalue weighted by molar-refractivity contribution is -0.685. The van der Waals surface area contributed by atoms with Crippen molar-refractivity contribution in [2.45, 2.75) is 52.1 Å². The van der Waals surface area contributed by atoms with E-state index in [-0.39, 0.29) is 6.54 Å². The second kappa shape index (κ2) is 7.04. The number of aryl methyl sites for hydroxylation is 1. The Balaban J connectivity index is 2.21. The van der Waals surface area contributed by atoms with Crippen LogP contribution in [0, 0.1) is 0 Å². The summed E-state index contributed by atoms with van der Waals surface area (Å²) in [4.78, 5) is 10.5. The summed E-state index contributed by atoms with van der Waals surface area (Å²) in [5.74, 6) is -0.800. The van der Waals surface area contributed by atoms with Crippen LogP contribution in [0.4, 0.5) is 0 Å². The second-order valence-corrected chi connectivity index (χ2v) is 4.13. The van der Waals surface area contributed by atoms with Crippen molar-refractivity contribution in [2.24, 2.45) is 0 Å². The first kappa shape index (κ1) is 12.7. The molecule has 1 heterocycles. The van der Waals surface area contributed by atoms with E-state index >= 15 is 0 Å². The Hall–Kier alpha value is -1.32. The minimum absolute atomic E-state index is 0.0445. The molecule has 1 N–H and O–H groups in total. The number of hydrogen-bond acceptors (Lipinski definition) is 1. The minimum atomic E-state index is -0.800. The average molecular weight is 225 g/mol. The first-order chi connectivity index (χ1) is 7.72. The van der Waals surface area contributed by atoms with E-state index in [1.807, 2.05) is 12.5 Å². The van der Waals surface area contributed by atoms with Crippen molar-refractivity contribution in [3.63, 3.8) is 0 Å². The quantitative estimate of drug-likeness (QED) is 0.542. The van der Waals surface area contributed by atoms with Gasteiger partial charge >= 0.3 is 5.97 Å². The Morgan fingerprint density at radius 1 is 1.31 bits per heavy atom. The molecule has 1 aromatic rings. The molecule has 0 spiro atoms. The Bertz CT molecular complexity index is 321. The lowest BCUT2D eigenvalue weighted by atomic mass is 10.1. The molecule has 16 heavy (non-hydrogen) atoms. The molecule has 1 aromatic heterocycles. The van der Waals surface area contributed by atoms with Gasteiger partial charge in [0.25, 0.3) is 0 Å². The van der Waals surface area contributed by atoms with E-state index in [2.05, 4.69) is 11.5 Å². The van der Waals surface area contributed by atoms with E-state index in [1.165, 1.54) is 32.1 Å². The van der Waals surface area contributed by atoms with Crippen LogP contribution in [0.1, 0.15) is 39.0 Å². The number of rotatable bonds is 8. The van der Waals surface area contributed by atoms with E-state index in [4.69, 9.17) is 5.11 Å². The maximum absolute atomic E-state index is 10.5. The van der Waals surface area contributed by atoms with Crippen LogP contribution in [-0.4, -0.2) is 15.6 Å².